The van der Waals surface area contributed by atoms with E-state index in [4.69, 9.17) is 4.74 Å². The summed E-state index contributed by atoms with van der Waals surface area (Å²) in [4.78, 5) is 21.2. The van der Waals surface area contributed by atoms with Crippen LogP contribution in [0.15, 0.2) is 60.1 Å². The second kappa shape index (κ2) is 5.49. The van der Waals surface area contributed by atoms with Crippen LogP contribution >= 0.6 is 0 Å². The SMILES string of the molecule is COC(=O)C1=C(C)Nc2nc3ccccc3n2[C@@H]1c1ccncc1. The number of allylic oxidation sites excluding steroid dienone is 1. The van der Waals surface area contributed by atoms with E-state index in [1.54, 1.807) is 12.4 Å². The van der Waals surface area contributed by atoms with Gasteiger partial charge in [-0.2, -0.15) is 0 Å². The van der Waals surface area contributed by atoms with Crippen molar-refractivity contribution < 1.29 is 9.53 Å². The number of hydrogen-bond donors (Lipinski definition) is 1. The summed E-state index contributed by atoms with van der Waals surface area (Å²) in [6.45, 7) is 1.86. The molecule has 0 saturated heterocycles. The number of para-hydroxylation sites is 2. The van der Waals surface area contributed by atoms with Gasteiger partial charge in [0.25, 0.3) is 0 Å². The average Bonchev–Trinajstić information content (AvgIpc) is 2.98. The number of esters is 1. The summed E-state index contributed by atoms with van der Waals surface area (Å²) in [6, 6.07) is 11.4. The summed E-state index contributed by atoms with van der Waals surface area (Å²) in [5.41, 5.74) is 4.09. The highest BCUT2D eigenvalue weighted by atomic mass is 16.5. The van der Waals surface area contributed by atoms with Crippen molar-refractivity contribution in [2.75, 3.05) is 12.4 Å². The summed E-state index contributed by atoms with van der Waals surface area (Å²) in [5, 5.41) is 3.23. The minimum atomic E-state index is -0.356. The molecule has 1 aromatic carbocycles. The van der Waals surface area contributed by atoms with Crippen LogP contribution in [0, 0.1) is 0 Å². The molecule has 1 aliphatic heterocycles. The molecule has 120 valence electrons. The Balaban J connectivity index is 2.02. The molecule has 6 heteroatoms. The Morgan fingerprint density at radius 1 is 1.21 bits per heavy atom. The van der Waals surface area contributed by atoms with Gasteiger partial charge in [-0.1, -0.05) is 12.1 Å². The molecule has 0 amide bonds. The van der Waals surface area contributed by atoms with Gasteiger partial charge in [-0.3, -0.25) is 9.55 Å². The fourth-order valence-corrected chi connectivity index (χ4v) is 3.20. The summed E-state index contributed by atoms with van der Waals surface area (Å²) in [5.74, 6) is 0.355. The lowest BCUT2D eigenvalue weighted by molar-refractivity contribution is -0.136. The number of rotatable bonds is 2. The first kappa shape index (κ1) is 14.4. The molecule has 0 unspecified atom stereocenters. The second-order valence-electron chi connectivity index (χ2n) is 5.63. The first-order valence-corrected chi connectivity index (χ1v) is 7.63. The van der Waals surface area contributed by atoms with Gasteiger partial charge in [-0.05, 0) is 36.8 Å². The zero-order valence-corrected chi connectivity index (χ0v) is 13.4. The van der Waals surface area contributed by atoms with Crippen LogP contribution in [0.1, 0.15) is 18.5 Å². The predicted octanol–water partition coefficient (Wildman–Crippen LogP) is 2.89. The van der Waals surface area contributed by atoms with Crippen LogP contribution in [-0.4, -0.2) is 27.6 Å². The van der Waals surface area contributed by atoms with E-state index in [0.717, 1.165) is 22.3 Å². The van der Waals surface area contributed by atoms with Crippen molar-refractivity contribution in [3.63, 3.8) is 0 Å². The Kier molecular flexibility index (Phi) is 3.30. The van der Waals surface area contributed by atoms with Gasteiger partial charge < -0.3 is 10.1 Å². The molecule has 0 bridgehead atoms. The summed E-state index contributed by atoms with van der Waals surface area (Å²) in [6.07, 6.45) is 3.45. The number of methoxy groups -OCH3 is 1. The number of hydrogen-bond acceptors (Lipinski definition) is 5. The quantitative estimate of drug-likeness (QED) is 0.735. The Morgan fingerprint density at radius 2 is 1.96 bits per heavy atom. The zero-order chi connectivity index (χ0) is 16.7. The molecule has 0 spiro atoms. The highest BCUT2D eigenvalue weighted by molar-refractivity contribution is 5.94. The van der Waals surface area contributed by atoms with Gasteiger partial charge in [-0.25, -0.2) is 9.78 Å². The van der Waals surface area contributed by atoms with Crippen LogP contribution < -0.4 is 5.32 Å². The van der Waals surface area contributed by atoms with E-state index in [2.05, 4.69) is 15.3 Å². The van der Waals surface area contributed by atoms with E-state index in [0.29, 0.717) is 11.5 Å². The van der Waals surface area contributed by atoms with Crippen molar-refractivity contribution >= 4 is 23.0 Å². The number of anilines is 1. The molecule has 3 aromatic rings. The third kappa shape index (κ3) is 2.07. The number of fused-ring (bicyclic) bond motifs is 3. The first-order valence-electron chi connectivity index (χ1n) is 7.63. The molecule has 0 radical (unpaired) electrons. The number of aromatic nitrogens is 3. The van der Waals surface area contributed by atoms with Crippen molar-refractivity contribution in [3.8, 4) is 0 Å². The number of pyridine rings is 1. The Morgan fingerprint density at radius 3 is 2.71 bits per heavy atom. The summed E-state index contributed by atoms with van der Waals surface area (Å²) < 4.78 is 7.06. The van der Waals surface area contributed by atoms with Crippen LogP contribution in [0.3, 0.4) is 0 Å². The van der Waals surface area contributed by atoms with E-state index < -0.39 is 0 Å². The molecule has 3 heterocycles. The molecule has 24 heavy (non-hydrogen) atoms. The third-order valence-corrected chi connectivity index (χ3v) is 4.26. The van der Waals surface area contributed by atoms with Crippen molar-refractivity contribution in [1.82, 2.24) is 14.5 Å². The standard InChI is InChI=1S/C18H16N4O2/c1-11-15(17(23)24-2)16(12-7-9-19-10-8-12)22-14-6-4-3-5-13(14)21-18(22)20-11/h3-10,16H,1-2H3,(H,20,21)/t16-/m1/s1. The fraction of sp³-hybridized carbons (Fsp3) is 0.167. The molecule has 0 saturated carbocycles. The molecule has 0 fully saturated rings. The summed E-state index contributed by atoms with van der Waals surface area (Å²) >= 11 is 0. The second-order valence-corrected chi connectivity index (χ2v) is 5.63. The van der Waals surface area contributed by atoms with E-state index in [1.807, 2.05) is 47.9 Å². The molecule has 1 atom stereocenters. The topological polar surface area (TPSA) is 69.0 Å². The Labute approximate surface area is 138 Å². The highest BCUT2D eigenvalue weighted by Crippen LogP contribution is 2.39. The number of imidazole rings is 1. The van der Waals surface area contributed by atoms with Crippen LogP contribution in [-0.2, 0) is 9.53 Å². The molecule has 4 rings (SSSR count). The number of carbonyl (C=O) groups is 1. The highest BCUT2D eigenvalue weighted by Gasteiger charge is 2.34. The van der Waals surface area contributed by atoms with Gasteiger partial charge in [0.2, 0.25) is 5.95 Å². The maximum atomic E-state index is 12.5. The number of ether oxygens (including phenoxy) is 1. The van der Waals surface area contributed by atoms with Gasteiger partial charge in [0.1, 0.15) is 0 Å². The molecule has 0 aliphatic carbocycles. The minimum absolute atomic E-state index is 0.316. The number of nitrogens with zero attached hydrogens (tertiary/aromatic N) is 3. The smallest absolute Gasteiger partial charge is 0.337 e. The maximum absolute atomic E-state index is 12.5. The van der Waals surface area contributed by atoms with Crippen molar-refractivity contribution in [2.24, 2.45) is 0 Å². The van der Waals surface area contributed by atoms with Crippen molar-refractivity contribution in [1.29, 1.82) is 0 Å². The summed E-state index contributed by atoms with van der Waals surface area (Å²) in [7, 11) is 1.40. The normalized spacial score (nSPS) is 16.7. The molecular formula is C18H16N4O2. The average molecular weight is 320 g/mol. The van der Waals surface area contributed by atoms with Crippen LogP contribution in [0.25, 0.3) is 11.0 Å². The van der Waals surface area contributed by atoms with E-state index >= 15 is 0 Å². The molecule has 2 aromatic heterocycles. The molecule has 6 nitrogen and oxygen atoms in total. The monoisotopic (exact) mass is 320 g/mol. The fourth-order valence-electron chi connectivity index (χ4n) is 3.20. The van der Waals surface area contributed by atoms with Crippen molar-refractivity contribution in [2.45, 2.75) is 13.0 Å². The van der Waals surface area contributed by atoms with Crippen LogP contribution in [0.4, 0.5) is 5.95 Å². The lowest BCUT2D eigenvalue weighted by atomic mass is 9.96. The maximum Gasteiger partial charge on any atom is 0.337 e. The van der Waals surface area contributed by atoms with Crippen molar-refractivity contribution in [3.05, 3.63) is 65.6 Å². The molecular weight excluding hydrogens is 304 g/mol. The van der Waals surface area contributed by atoms with E-state index in [-0.39, 0.29) is 12.0 Å². The van der Waals surface area contributed by atoms with Crippen LogP contribution in [0.2, 0.25) is 0 Å². The Bertz CT molecular complexity index is 960. The lowest BCUT2D eigenvalue weighted by Gasteiger charge is -2.29. The van der Waals surface area contributed by atoms with Gasteiger partial charge >= 0.3 is 5.97 Å². The Hall–Kier alpha value is -3.15. The number of nitrogens with one attached hydrogen (secondary N) is 1. The predicted molar refractivity (Wildman–Crippen MR) is 90.4 cm³/mol. The number of benzene rings is 1. The van der Waals surface area contributed by atoms with Gasteiger partial charge in [0.05, 0.1) is 29.8 Å². The minimum Gasteiger partial charge on any atom is -0.466 e. The number of carbonyl (C=O) groups excluding carboxylic acids is 1. The lowest BCUT2D eigenvalue weighted by Crippen LogP contribution is -2.28. The van der Waals surface area contributed by atoms with Crippen LogP contribution in [0.5, 0.6) is 0 Å². The first-order chi connectivity index (χ1) is 11.7. The van der Waals surface area contributed by atoms with Gasteiger partial charge in [-0.15, -0.1) is 0 Å². The molecule has 1 N–H and O–H groups in total. The molecule has 1 aliphatic rings. The van der Waals surface area contributed by atoms with Gasteiger partial charge in [0, 0.05) is 18.1 Å². The van der Waals surface area contributed by atoms with E-state index in [9.17, 15) is 4.79 Å². The van der Waals surface area contributed by atoms with Gasteiger partial charge in [0.15, 0.2) is 0 Å². The third-order valence-electron chi connectivity index (χ3n) is 4.26. The zero-order valence-electron chi connectivity index (χ0n) is 13.4. The van der Waals surface area contributed by atoms with E-state index in [1.165, 1.54) is 7.11 Å². The largest absolute Gasteiger partial charge is 0.466 e.